The van der Waals surface area contributed by atoms with E-state index < -0.39 is 11.4 Å². The van der Waals surface area contributed by atoms with Crippen molar-refractivity contribution in [2.24, 2.45) is 11.6 Å². The molecule has 100 valence electrons. The SMILES string of the molecule is CCCc1c(NN)ncnc1NC(C)(C)C(N)=O. The van der Waals surface area contributed by atoms with Crippen molar-refractivity contribution in [2.45, 2.75) is 39.2 Å². The maximum absolute atomic E-state index is 11.3. The zero-order valence-electron chi connectivity index (χ0n) is 10.9. The molecule has 1 amide bonds. The van der Waals surface area contributed by atoms with Crippen molar-refractivity contribution in [3.05, 3.63) is 11.9 Å². The minimum absolute atomic E-state index is 0.453. The van der Waals surface area contributed by atoms with E-state index in [0.717, 1.165) is 18.4 Å². The minimum atomic E-state index is -0.886. The van der Waals surface area contributed by atoms with Gasteiger partial charge in [0.2, 0.25) is 5.91 Å². The molecule has 0 aliphatic heterocycles. The second kappa shape index (κ2) is 5.63. The Morgan fingerprint density at radius 2 is 2.00 bits per heavy atom. The molecule has 1 aromatic heterocycles. The molecule has 0 saturated carbocycles. The topological polar surface area (TPSA) is 119 Å². The number of hydrazine groups is 1. The molecule has 7 nitrogen and oxygen atoms in total. The zero-order valence-corrected chi connectivity index (χ0v) is 10.9. The number of carbonyl (C=O) groups is 1. The molecule has 0 fully saturated rings. The normalized spacial score (nSPS) is 11.1. The number of anilines is 2. The lowest BCUT2D eigenvalue weighted by atomic mass is 10.0. The molecule has 0 aliphatic carbocycles. The summed E-state index contributed by atoms with van der Waals surface area (Å²) < 4.78 is 0. The van der Waals surface area contributed by atoms with Crippen LogP contribution in [0, 0.1) is 0 Å². The van der Waals surface area contributed by atoms with Crippen LogP contribution in [0.1, 0.15) is 32.8 Å². The van der Waals surface area contributed by atoms with Crippen LogP contribution in [-0.2, 0) is 11.2 Å². The van der Waals surface area contributed by atoms with Gasteiger partial charge >= 0.3 is 0 Å². The Kier molecular flexibility index (Phi) is 4.43. The first-order valence-electron chi connectivity index (χ1n) is 5.81. The van der Waals surface area contributed by atoms with E-state index in [1.807, 2.05) is 6.92 Å². The predicted molar refractivity (Wildman–Crippen MR) is 70.7 cm³/mol. The Bertz CT molecular complexity index is 432. The average molecular weight is 252 g/mol. The Morgan fingerprint density at radius 1 is 1.39 bits per heavy atom. The van der Waals surface area contributed by atoms with Crippen LogP contribution < -0.4 is 22.3 Å². The van der Waals surface area contributed by atoms with E-state index in [4.69, 9.17) is 11.6 Å². The fourth-order valence-corrected chi connectivity index (χ4v) is 1.49. The molecule has 1 heterocycles. The number of aromatic nitrogens is 2. The van der Waals surface area contributed by atoms with Crippen LogP contribution in [0.5, 0.6) is 0 Å². The van der Waals surface area contributed by atoms with Crippen molar-refractivity contribution in [1.82, 2.24) is 9.97 Å². The smallest absolute Gasteiger partial charge is 0.242 e. The average Bonchev–Trinajstić information content (AvgIpc) is 2.31. The molecule has 18 heavy (non-hydrogen) atoms. The van der Waals surface area contributed by atoms with Gasteiger partial charge in [-0.1, -0.05) is 13.3 Å². The van der Waals surface area contributed by atoms with Gasteiger partial charge in [0.1, 0.15) is 23.5 Å². The van der Waals surface area contributed by atoms with Crippen LogP contribution in [0.15, 0.2) is 6.33 Å². The van der Waals surface area contributed by atoms with E-state index in [2.05, 4.69) is 20.7 Å². The van der Waals surface area contributed by atoms with Gasteiger partial charge in [0.05, 0.1) is 0 Å². The number of nitrogens with two attached hydrogens (primary N) is 2. The van der Waals surface area contributed by atoms with Crippen LogP contribution in [0.3, 0.4) is 0 Å². The van der Waals surface area contributed by atoms with Crippen molar-refractivity contribution in [3.63, 3.8) is 0 Å². The van der Waals surface area contributed by atoms with E-state index in [0.29, 0.717) is 11.6 Å². The Balaban J connectivity index is 3.12. The van der Waals surface area contributed by atoms with Gasteiger partial charge in [-0.15, -0.1) is 0 Å². The second-order valence-electron chi connectivity index (χ2n) is 4.56. The van der Waals surface area contributed by atoms with Gasteiger partial charge in [0.15, 0.2) is 0 Å². The van der Waals surface area contributed by atoms with Gasteiger partial charge < -0.3 is 16.5 Å². The van der Waals surface area contributed by atoms with E-state index >= 15 is 0 Å². The van der Waals surface area contributed by atoms with Crippen LogP contribution in [-0.4, -0.2) is 21.4 Å². The molecule has 6 N–H and O–H groups in total. The third-order valence-corrected chi connectivity index (χ3v) is 2.63. The summed E-state index contributed by atoms with van der Waals surface area (Å²) >= 11 is 0. The molecule has 0 atom stereocenters. The highest BCUT2D eigenvalue weighted by Gasteiger charge is 2.26. The number of nitrogens with one attached hydrogen (secondary N) is 2. The highest BCUT2D eigenvalue weighted by molar-refractivity contribution is 5.87. The second-order valence-corrected chi connectivity index (χ2v) is 4.56. The third-order valence-electron chi connectivity index (χ3n) is 2.63. The van der Waals surface area contributed by atoms with Gasteiger partial charge in [-0.25, -0.2) is 15.8 Å². The molecule has 0 unspecified atom stereocenters. The van der Waals surface area contributed by atoms with Gasteiger partial charge in [-0.3, -0.25) is 4.79 Å². The highest BCUT2D eigenvalue weighted by Crippen LogP contribution is 2.23. The van der Waals surface area contributed by atoms with E-state index in [-0.39, 0.29) is 0 Å². The van der Waals surface area contributed by atoms with Crippen LogP contribution >= 0.6 is 0 Å². The molecule has 0 spiro atoms. The fourth-order valence-electron chi connectivity index (χ4n) is 1.49. The van der Waals surface area contributed by atoms with E-state index in [9.17, 15) is 4.79 Å². The molecule has 1 aromatic rings. The number of rotatable bonds is 6. The largest absolute Gasteiger partial charge is 0.368 e. The standard InChI is InChI=1S/C11H20N6O/c1-4-5-7-8(14-6-15-9(7)17-13)16-11(2,3)10(12)18/h6H,4-5,13H2,1-3H3,(H2,12,18)(H2,14,15,16,17). The highest BCUT2D eigenvalue weighted by atomic mass is 16.1. The Morgan fingerprint density at radius 3 is 2.50 bits per heavy atom. The summed E-state index contributed by atoms with van der Waals surface area (Å²) in [7, 11) is 0. The lowest BCUT2D eigenvalue weighted by Crippen LogP contribution is -2.45. The monoisotopic (exact) mass is 252 g/mol. The van der Waals surface area contributed by atoms with Crippen molar-refractivity contribution in [3.8, 4) is 0 Å². The van der Waals surface area contributed by atoms with Crippen molar-refractivity contribution in [2.75, 3.05) is 10.7 Å². The molecule has 0 aromatic carbocycles. The zero-order chi connectivity index (χ0) is 13.8. The van der Waals surface area contributed by atoms with Gasteiger partial charge in [-0.05, 0) is 20.3 Å². The summed E-state index contributed by atoms with van der Waals surface area (Å²) in [6.45, 7) is 5.43. The molecule has 0 aliphatic rings. The summed E-state index contributed by atoms with van der Waals surface area (Å²) in [5.41, 5.74) is 7.81. The lowest BCUT2D eigenvalue weighted by Gasteiger charge is -2.24. The fraction of sp³-hybridized carbons (Fsp3) is 0.545. The van der Waals surface area contributed by atoms with Gasteiger partial charge in [0, 0.05) is 5.56 Å². The van der Waals surface area contributed by atoms with Crippen molar-refractivity contribution >= 4 is 17.5 Å². The summed E-state index contributed by atoms with van der Waals surface area (Å²) in [5, 5.41) is 3.02. The third kappa shape index (κ3) is 3.07. The maximum atomic E-state index is 11.3. The van der Waals surface area contributed by atoms with Crippen molar-refractivity contribution < 1.29 is 4.79 Å². The van der Waals surface area contributed by atoms with E-state index in [1.54, 1.807) is 13.8 Å². The van der Waals surface area contributed by atoms with Crippen LogP contribution in [0.4, 0.5) is 11.6 Å². The number of carbonyl (C=O) groups excluding carboxylic acids is 1. The summed E-state index contributed by atoms with van der Waals surface area (Å²) in [4.78, 5) is 19.5. The molecule has 0 bridgehead atoms. The number of nitrogen functional groups attached to an aromatic ring is 1. The molecular formula is C11H20N6O. The molecule has 7 heteroatoms. The summed E-state index contributed by atoms with van der Waals surface area (Å²) in [6, 6.07) is 0. The quantitative estimate of drug-likeness (QED) is 0.429. The van der Waals surface area contributed by atoms with Crippen LogP contribution in [0.25, 0.3) is 0 Å². The first kappa shape index (κ1) is 14.2. The molecule has 0 radical (unpaired) electrons. The first-order valence-corrected chi connectivity index (χ1v) is 5.81. The van der Waals surface area contributed by atoms with Crippen LogP contribution in [0.2, 0.25) is 0 Å². The molecule has 0 saturated heterocycles. The number of hydrogen-bond acceptors (Lipinski definition) is 6. The summed E-state index contributed by atoms with van der Waals surface area (Å²) in [5.74, 6) is 6.08. The number of primary amides is 1. The summed E-state index contributed by atoms with van der Waals surface area (Å²) in [6.07, 6.45) is 3.04. The predicted octanol–water partition coefficient (Wildman–Crippen LogP) is 0.391. The lowest BCUT2D eigenvalue weighted by molar-refractivity contribution is -0.121. The Labute approximate surface area is 106 Å². The first-order chi connectivity index (χ1) is 8.42. The van der Waals surface area contributed by atoms with Gasteiger partial charge in [-0.2, -0.15) is 0 Å². The van der Waals surface area contributed by atoms with Crippen molar-refractivity contribution in [1.29, 1.82) is 0 Å². The maximum Gasteiger partial charge on any atom is 0.242 e. The number of hydrogen-bond donors (Lipinski definition) is 4. The number of nitrogens with zero attached hydrogens (tertiary/aromatic N) is 2. The Hall–Kier alpha value is -1.89. The van der Waals surface area contributed by atoms with E-state index in [1.165, 1.54) is 6.33 Å². The van der Waals surface area contributed by atoms with Gasteiger partial charge in [0.25, 0.3) is 0 Å². The molecular weight excluding hydrogens is 232 g/mol. The minimum Gasteiger partial charge on any atom is -0.368 e. The molecule has 1 rings (SSSR count). The number of amides is 1.